The van der Waals surface area contributed by atoms with Gasteiger partial charge in [0.15, 0.2) is 5.82 Å². The summed E-state index contributed by atoms with van der Waals surface area (Å²) in [6, 6.07) is 22.9. The Balaban J connectivity index is 1.34. The first-order chi connectivity index (χ1) is 18.9. The number of hydrogen-bond acceptors (Lipinski definition) is 6. The summed E-state index contributed by atoms with van der Waals surface area (Å²) >= 11 is 0. The number of carbonyl (C=O) groups excluding carboxylic acids is 1. The second-order valence-electron chi connectivity index (χ2n) is 9.33. The number of aryl methyl sites for hydroxylation is 2. The zero-order valence-electron chi connectivity index (χ0n) is 21.8. The number of amides is 1. The van der Waals surface area contributed by atoms with Crippen LogP contribution in [0, 0.1) is 0 Å². The largest absolute Gasteiger partial charge is 0.497 e. The van der Waals surface area contributed by atoms with E-state index in [0.29, 0.717) is 29.2 Å². The van der Waals surface area contributed by atoms with Crippen molar-refractivity contribution in [2.75, 3.05) is 17.7 Å². The maximum Gasteiger partial charge on any atom is 0.255 e. The summed E-state index contributed by atoms with van der Waals surface area (Å²) in [5, 5.41) is 6.19. The number of benzene rings is 3. The first-order valence-electron chi connectivity index (χ1n) is 12.8. The van der Waals surface area contributed by atoms with Crippen LogP contribution in [0.5, 0.6) is 5.75 Å². The highest BCUT2D eigenvalue weighted by atomic mass is 32.2. The van der Waals surface area contributed by atoms with Crippen LogP contribution < -0.4 is 20.1 Å². The van der Waals surface area contributed by atoms with Gasteiger partial charge in [0.2, 0.25) is 10.0 Å². The van der Waals surface area contributed by atoms with Gasteiger partial charge in [0.1, 0.15) is 5.75 Å². The quantitative estimate of drug-likeness (QED) is 0.254. The van der Waals surface area contributed by atoms with Gasteiger partial charge in [-0.3, -0.25) is 4.79 Å². The molecule has 1 aliphatic rings. The molecule has 1 unspecified atom stereocenters. The van der Waals surface area contributed by atoms with Gasteiger partial charge in [-0.1, -0.05) is 31.2 Å². The Bertz CT molecular complexity index is 1600. The molecular formula is C30H30N4O4S. The van der Waals surface area contributed by atoms with Crippen LogP contribution in [0.3, 0.4) is 0 Å². The van der Waals surface area contributed by atoms with Gasteiger partial charge in [-0.05, 0) is 90.6 Å². The van der Waals surface area contributed by atoms with Crippen LogP contribution in [0.4, 0.5) is 17.2 Å². The predicted octanol–water partition coefficient (Wildman–Crippen LogP) is 5.61. The Kier molecular flexibility index (Phi) is 7.63. The van der Waals surface area contributed by atoms with Crippen LogP contribution in [-0.4, -0.2) is 26.4 Å². The van der Waals surface area contributed by atoms with E-state index >= 15 is 0 Å². The van der Waals surface area contributed by atoms with Gasteiger partial charge in [-0.2, -0.15) is 0 Å². The summed E-state index contributed by atoms with van der Waals surface area (Å²) < 4.78 is 34.3. The minimum Gasteiger partial charge on any atom is -0.497 e. The molecule has 1 atom stereocenters. The van der Waals surface area contributed by atoms with E-state index < -0.39 is 10.0 Å². The third-order valence-electron chi connectivity index (χ3n) is 6.81. The molecule has 5 rings (SSSR count). The Morgan fingerprint density at radius 1 is 1.03 bits per heavy atom. The van der Waals surface area contributed by atoms with Gasteiger partial charge in [-0.25, -0.2) is 18.1 Å². The highest BCUT2D eigenvalue weighted by Crippen LogP contribution is 2.35. The van der Waals surface area contributed by atoms with Crippen molar-refractivity contribution < 1.29 is 17.9 Å². The predicted molar refractivity (Wildman–Crippen MR) is 152 cm³/mol. The number of hydrogen-bond donors (Lipinski definition) is 3. The van der Waals surface area contributed by atoms with Gasteiger partial charge in [-0.15, -0.1) is 0 Å². The number of fused-ring (bicyclic) bond motifs is 1. The Hall–Kier alpha value is -4.21. The zero-order chi connectivity index (χ0) is 27.4. The van der Waals surface area contributed by atoms with Crippen LogP contribution in [0.1, 0.15) is 46.4 Å². The van der Waals surface area contributed by atoms with Gasteiger partial charge in [0.05, 0.1) is 17.7 Å². The van der Waals surface area contributed by atoms with Crippen molar-refractivity contribution in [1.29, 1.82) is 0 Å². The second-order valence-corrected chi connectivity index (χ2v) is 11.0. The van der Waals surface area contributed by atoms with Crippen LogP contribution in [0.2, 0.25) is 0 Å². The summed E-state index contributed by atoms with van der Waals surface area (Å²) in [5.74, 6) is 0.772. The molecular weight excluding hydrogens is 512 g/mol. The molecule has 1 aliphatic carbocycles. The molecule has 0 aliphatic heterocycles. The summed E-state index contributed by atoms with van der Waals surface area (Å²) in [4.78, 5) is 17.6. The lowest BCUT2D eigenvalue weighted by atomic mass is 10.1. The molecule has 3 N–H and O–H groups in total. The molecule has 0 fully saturated rings. The van der Waals surface area contributed by atoms with Crippen molar-refractivity contribution in [2.24, 2.45) is 0 Å². The minimum absolute atomic E-state index is 0.257. The Morgan fingerprint density at radius 2 is 1.85 bits per heavy atom. The number of methoxy groups -OCH3 is 1. The maximum atomic E-state index is 13.1. The van der Waals surface area contributed by atoms with E-state index in [4.69, 9.17) is 4.74 Å². The fourth-order valence-corrected chi connectivity index (χ4v) is 5.91. The van der Waals surface area contributed by atoms with E-state index in [0.717, 1.165) is 35.2 Å². The molecule has 1 aromatic heterocycles. The van der Waals surface area contributed by atoms with Gasteiger partial charge >= 0.3 is 0 Å². The van der Waals surface area contributed by atoms with Crippen molar-refractivity contribution in [2.45, 2.75) is 37.1 Å². The standard InChI is InChI=1S/C30H30N4O4S/c1-3-20-9-14-25(15-10-20)39(36,37)34-27-16-12-21-11-13-23(19-26(21)27)32-29-28(8-5-17-31-29)33-30(35)22-6-4-7-24(18-22)38-2/h4-11,13-15,17-19,27,34H,3,12,16H2,1-2H3,(H,31,32)(H,33,35). The minimum atomic E-state index is -3.67. The molecule has 1 heterocycles. The fourth-order valence-electron chi connectivity index (χ4n) is 4.66. The topological polar surface area (TPSA) is 109 Å². The molecule has 0 saturated heterocycles. The van der Waals surface area contributed by atoms with Crippen molar-refractivity contribution in [3.05, 3.63) is 107 Å². The molecule has 0 saturated carbocycles. The lowest BCUT2D eigenvalue weighted by Gasteiger charge is -2.17. The molecule has 9 heteroatoms. The summed E-state index contributed by atoms with van der Waals surface area (Å²) in [7, 11) is -2.12. The van der Waals surface area contributed by atoms with Crippen LogP contribution >= 0.6 is 0 Å². The second kappa shape index (κ2) is 11.3. The van der Waals surface area contributed by atoms with Gasteiger partial charge in [0, 0.05) is 23.5 Å². The summed E-state index contributed by atoms with van der Waals surface area (Å²) in [6.07, 6.45) is 3.94. The monoisotopic (exact) mass is 542 g/mol. The van der Waals surface area contributed by atoms with Crippen molar-refractivity contribution in [3.8, 4) is 5.75 Å². The molecule has 200 valence electrons. The summed E-state index contributed by atoms with van der Waals surface area (Å²) in [5.41, 5.74) is 4.82. The van der Waals surface area contributed by atoms with Gasteiger partial charge < -0.3 is 15.4 Å². The smallest absolute Gasteiger partial charge is 0.255 e. The number of ether oxygens (including phenoxy) is 1. The number of aromatic nitrogens is 1. The van der Waals surface area contributed by atoms with E-state index in [9.17, 15) is 13.2 Å². The van der Waals surface area contributed by atoms with Crippen LogP contribution in [0.25, 0.3) is 0 Å². The molecule has 8 nitrogen and oxygen atoms in total. The third kappa shape index (κ3) is 5.94. The lowest BCUT2D eigenvalue weighted by Crippen LogP contribution is -2.27. The van der Waals surface area contributed by atoms with Crippen LogP contribution in [0.15, 0.2) is 90.0 Å². The van der Waals surface area contributed by atoms with E-state index in [2.05, 4.69) is 20.3 Å². The number of nitrogens with one attached hydrogen (secondary N) is 3. The number of sulfonamides is 1. The maximum absolute atomic E-state index is 13.1. The molecule has 1 amide bonds. The fraction of sp³-hybridized carbons (Fsp3) is 0.200. The molecule has 4 aromatic rings. The number of carbonyl (C=O) groups is 1. The van der Waals surface area contributed by atoms with Crippen LogP contribution in [-0.2, 0) is 22.9 Å². The zero-order valence-corrected chi connectivity index (χ0v) is 22.6. The van der Waals surface area contributed by atoms with Crippen molar-refractivity contribution in [1.82, 2.24) is 9.71 Å². The third-order valence-corrected chi connectivity index (χ3v) is 8.30. The first kappa shape index (κ1) is 26.4. The highest BCUT2D eigenvalue weighted by molar-refractivity contribution is 7.89. The average molecular weight is 543 g/mol. The van der Waals surface area contributed by atoms with E-state index in [1.54, 1.807) is 61.8 Å². The van der Waals surface area contributed by atoms with Gasteiger partial charge in [0.25, 0.3) is 5.91 Å². The first-order valence-corrected chi connectivity index (χ1v) is 14.3. The molecule has 0 bridgehead atoms. The number of anilines is 3. The van der Waals surface area contributed by atoms with E-state index in [1.807, 2.05) is 37.3 Å². The average Bonchev–Trinajstić information content (AvgIpc) is 3.35. The lowest BCUT2D eigenvalue weighted by molar-refractivity contribution is 0.102. The van der Waals surface area contributed by atoms with Crippen molar-refractivity contribution in [3.63, 3.8) is 0 Å². The Labute approximate surface area is 228 Å². The van der Waals surface area contributed by atoms with Crippen molar-refractivity contribution >= 4 is 33.1 Å². The molecule has 0 radical (unpaired) electrons. The summed E-state index contributed by atoms with van der Waals surface area (Å²) in [6.45, 7) is 2.03. The highest BCUT2D eigenvalue weighted by Gasteiger charge is 2.28. The molecule has 39 heavy (non-hydrogen) atoms. The Morgan fingerprint density at radius 3 is 2.62 bits per heavy atom. The number of rotatable bonds is 9. The van der Waals surface area contributed by atoms with E-state index in [-0.39, 0.29) is 16.8 Å². The van der Waals surface area contributed by atoms with E-state index in [1.165, 1.54) is 0 Å². The number of nitrogens with zero attached hydrogens (tertiary/aromatic N) is 1. The number of pyridine rings is 1. The normalized spacial score (nSPS) is 14.5. The molecule has 3 aromatic carbocycles. The molecule has 0 spiro atoms. The SMILES string of the molecule is CCc1ccc(S(=O)(=O)NC2CCc3ccc(Nc4ncccc4NC(=O)c4cccc(OC)c4)cc32)cc1.